The van der Waals surface area contributed by atoms with Gasteiger partial charge in [0.15, 0.2) is 0 Å². The van der Waals surface area contributed by atoms with Gasteiger partial charge in [0.2, 0.25) is 0 Å². The minimum Gasteiger partial charge on any atom is -0.550 e. The van der Waals surface area contributed by atoms with Gasteiger partial charge in [-0.05, 0) is 49.9 Å². The Balaban J connectivity index is 1.75. The Morgan fingerprint density at radius 2 is 0.465 bits per heavy atom. The molecule has 0 spiro atoms. The second-order valence-corrected chi connectivity index (χ2v) is 29.8. The number of aliphatic carboxylic acids is 1. The smallest absolute Gasteiger partial charge is 0.0620 e. The lowest BCUT2D eigenvalue weighted by Crippen LogP contribution is -2.38. The van der Waals surface area contributed by atoms with Gasteiger partial charge in [-0.25, -0.2) is 0 Å². The molecule has 4 heteroatoms. The third-order valence-corrected chi connectivity index (χ3v) is 21.3. The third kappa shape index (κ3) is 60.9. The average molecular weight is 1210 g/mol. The summed E-state index contributed by atoms with van der Waals surface area (Å²) in [6.07, 6.45) is 96.8. The van der Waals surface area contributed by atoms with Crippen LogP contribution in [-0.2, 0) is 4.79 Å². The maximum atomic E-state index is 11.8. The summed E-state index contributed by atoms with van der Waals surface area (Å²) >= 11 is 0. The van der Waals surface area contributed by atoms with Crippen molar-refractivity contribution in [3.05, 3.63) is 0 Å². The van der Waals surface area contributed by atoms with Crippen LogP contribution in [0.4, 0.5) is 0 Å². The monoisotopic (exact) mass is 1210 g/mol. The van der Waals surface area contributed by atoms with E-state index in [1.165, 1.54) is 411 Å². The molecule has 1 fully saturated rings. The van der Waals surface area contributed by atoms with Gasteiger partial charge >= 0.3 is 0 Å². The molecule has 0 saturated heterocycles. The highest BCUT2D eigenvalue weighted by molar-refractivity contribution is 5.68. The Hall–Kier alpha value is -0.610. The largest absolute Gasteiger partial charge is 0.550 e. The van der Waals surface area contributed by atoms with E-state index in [0.717, 1.165) is 43.9 Å². The minimum absolute atomic E-state index is 0.0810. The molecule has 6 unspecified atom stereocenters. The van der Waals surface area contributed by atoms with Crippen molar-refractivity contribution < 1.29 is 20.1 Å². The summed E-state index contributed by atoms with van der Waals surface area (Å²) in [5.41, 5.74) is 0. The molecule has 2 N–H and O–H groups in total. The summed E-state index contributed by atoms with van der Waals surface area (Å²) in [7, 11) is 0. The lowest BCUT2D eigenvalue weighted by Gasteiger charge is -2.24. The van der Waals surface area contributed by atoms with Crippen molar-refractivity contribution in [3.8, 4) is 0 Å². The van der Waals surface area contributed by atoms with Gasteiger partial charge in [0, 0.05) is 11.9 Å². The molecule has 0 bridgehead atoms. The van der Waals surface area contributed by atoms with E-state index in [4.69, 9.17) is 0 Å². The Kier molecular flexibility index (Phi) is 66.7. The van der Waals surface area contributed by atoms with Crippen molar-refractivity contribution in [2.24, 2.45) is 23.7 Å². The summed E-state index contributed by atoms with van der Waals surface area (Å²) in [5.74, 6) is 0.890. The standard InChI is InChI=1S/C82H162O4/c1-4-6-8-10-12-14-16-18-20-22-23-24-25-29-36-42-48-54-60-66-72-79(82(85)86)81(84)74-68-62-56-50-44-38-30-26-28-34-40-46-52-58-64-70-77-75-78(77)71-65-59-53-47-41-35-31-32-37-43-49-55-61-67-73-80(83)76(3)69-63-57-51-45-39-33-27-21-19-17-15-13-11-9-7-5-2/h76-81,83-84H,4-75H2,1-3H3,(H,85,86)/p-1. The predicted molar refractivity (Wildman–Crippen MR) is 380 cm³/mol. The summed E-state index contributed by atoms with van der Waals surface area (Å²) in [6, 6.07) is 0. The zero-order valence-electron chi connectivity index (χ0n) is 59.6. The summed E-state index contributed by atoms with van der Waals surface area (Å²) in [6.45, 7) is 6.89. The summed E-state index contributed by atoms with van der Waals surface area (Å²) in [4.78, 5) is 11.8. The van der Waals surface area contributed by atoms with E-state index < -0.39 is 18.0 Å². The van der Waals surface area contributed by atoms with Gasteiger partial charge in [-0.3, -0.25) is 0 Å². The summed E-state index contributed by atoms with van der Waals surface area (Å²) in [5, 5.41) is 33.2. The van der Waals surface area contributed by atoms with E-state index in [9.17, 15) is 20.1 Å². The third-order valence-electron chi connectivity index (χ3n) is 21.3. The molecule has 0 aromatic rings. The molecule has 0 aromatic heterocycles. The van der Waals surface area contributed by atoms with Gasteiger partial charge in [-0.2, -0.15) is 0 Å². The fraction of sp³-hybridized carbons (Fsp3) is 0.988. The van der Waals surface area contributed by atoms with Gasteiger partial charge in [0.1, 0.15) is 0 Å². The molecule has 4 nitrogen and oxygen atoms in total. The molecule has 514 valence electrons. The second kappa shape index (κ2) is 68.7. The van der Waals surface area contributed by atoms with Crippen molar-refractivity contribution in [1.82, 2.24) is 0 Å². The van der Waals surface area contributed by atoms with Crippen LogP contribution in [-0.4, -0.2) is 28.4 Å². The predicted octanol–water partition coefficient (Wildman–Crippen LogP) is 27.1. The van der Waals surface area contributed by atoms with Crippen LogP contribution >= 0.6 is 0 Å². The minimum atomic E-state index is -1.05. The number of carbonyl (C=O) groups excluding carboxylic acids is 1. The van der Waals surface area contributed by atoms with E-state index in [2.05, 4.69) is 20.8 Å². The van der Waals surface area contributed by atoms with Crippen LogP contribution in [0, 0.1) is 23.7 Å². The van der Waals surface area contributed by atoms with Gasteiger partial charge in [0.05, 0.1) is 12.2 Å². The van der Waals surface area contributed by atoms with Crippen molar-refractivity contribution in [3.63, 3.8) is 0 Å². The fourth-order valence-electron chi connectivity index (χ4n) is 14.7. The van der Waals surface area contributed by atoms with Crippen LogP contribution in [0.15, 0.2) is 0 Å². The number of carboxylic acid groups (broad SMARTS) is 1. The van der Waals surface area contributed by atoms with Crippen molar-refractivity contribution in [2.75, 3.05) is 0 Å². The summed E-state index contributed by atoms with van der Waals surface area (Å²) < 4.78 is 0. The van der Waals surface area contributed by atoms with Crippen LogP contribution in [0.25, 0.3) is 0 Å². The SMILES string of the molecule is CCCCCCCCCCCCCCCCCCCCCCC(C(=O)[O-])C(O)CCCCCCCCCCCCCCCCCC1CC1CCCCCCCCCCCCCCCCC(O)C(C)CCCCCCCCCCCCCCCCCC. The molecular formula is C82H161O4-. The highest BCUT2D eigenvalue weighted by Crippen LogP contribution is 2.46. The van der Waals surface area contributed by atoms with Crippen LogP contribution in [0.2, 0.25) is 0 Å². The van der Waals surface area contributed by atoms with Crippen molar-refractivity contribution >= 4 is 5.97 Å². The highest BCUT2D eigenvalue weighted by atomic mass is 16.4. The topological polar surface area (TPSA) is 80.6 Å². The fourth-order valence-corrected chi connectivity index (χ4v) is 14.7. The van der Waals surface area contributed by atoms with Crippen LogP contribution in [0.1, 0.15) is 483 Å². The van der Waals surface area contributed by atoms with Gasteiger partial charge in [-0.1, -0.05) is 451 Å². The van der Waals surface area contributed by atoms with Crippen molar-refractivity contribution in [2.45, 2.75) is 495 Å². The first-order chi connectivity index (χ1) is 42.4. The molecule has 86 heavy (non-hydrogen) atoms. The average Bonchev–Trinajstić information content (AvgIpc) is 4.49. The normalized spacial score (nSPS) is 15.6. The number of aliphatic hydroxyl groups is 2. The number of unbranched alkanes of at least 4 members (excludes halogenated alkanes) is 61. The Bertz CT molecular complexity index is 1280. The molecule has 1 rings (SSSR count). The van der Waals surface area contributed by atoms with Crippen molar-refractivity contribution in [1.29, 1.82) is 0 Å². The molecular weight excluding hydrogens is 1050 g/mol. The van der Waals surface area contributed by atoms with Gasteiger partial charge in [0.25, 0.3) is 0 Å². The van der Waals surface area contributed by atoms with E-state index in [-0.39, 0.29) is 6.10 Å². The maximum Gasteiger partial charge on any atom is 0.0620 e. The first kappa shape index (κ1) is 83.4. The van der Waals surface area contributed by atoms with E-state index in [1.54, 1.807) is 6.42 Å². The Morgan fingerprint density at radius 3 is 0.698 bits per heavy atom. The lowest BCUT2D eigenvalue weighted by molar-refractivity contribution is -0.314. The Labute approximate surface area is 542 Å². The van der Waals surface area contributed by atoms with Crippen LogP contribution in [0.5, 0.6) is 0 Å². The number of hydrogen-bond acceptors (Lipinski definition) is 4. The number of carboxylic acids is 1. The van der Waals surface area contributed by atoms with Crippen LogP contribution in [0.3, 0.4) is 0 Å². The first-order valence-electron chi connectivity index (χ1n) is 41.0. The maximum absolute atomic E-state index is 11.8. The van der Waals surface area contributed by atoms with Gasteiger partial charge < -0.3 is 20.1 Å². The molecule has 0 aliphatic heterocycles. The molecule has 0 amide bonds. The zero-order valence-corrected chi connectivity index (χ0v) is 59.6. The molecule has 1 aliphatic carbocycles. The second-order valence-electron chi connectivity index (χ2n) is 29.8. The van der Waals surface area contributed by atoms with E-state index in [1.807, 2.05) is 0 Å². The number of hydrogen-bond donors (Lipinski definition) is 2. The van der Waals surface area contributed by atoms with Crippen LogP contribution < -0.4 is 5.11 Å². The number of rotatable bonds is 76. The lowest BCUT2D eigenvalue weighted by atomic mass is 9.91. The van der Waals surface area contributed by atoms with Gasteiger partial charge in [-0.15, -0.1) is 0 Å². The molecule has 1 aliphatic rings. The number of carbonyl (C=O) groups is 1. The zero-order chi connectivity index (χ0) is 62.0. The molecule has 0 radical (unpaired) electrons. The van der Waals surface area contributed by atoms with E-state index in [0.29, 0.717) is 18.8 Å². The molecule has 6 atom stereocenters. The Morgan fingerprint density at radius 1 is 0.279 bits per heavy atom. The first-order valence-corrected chi connectivity index (χ1v) is 41.0. The highest BCUT2D eigenvalue weighted by Gasteiger charge is 2.35. The molecule has 1 saturated carbocycles. The molecule has 0 heterocycles. The molecule has 0 aromatic carbocycles. The quantitative estimate of drug-likeness (QED) is 0.0595. The number of aliphatic hydroxyl groups excluding tert-OH is 2. The van der Waals surface area contributed by atoms with E-state index >= 15 is 0 Å².